The number of hydrogen-bond acceptors (Lipinski definition) is 4. The first-order chi connectivity index (χ1) is 9.65. The molecule has 2 aromatic rings. The minimum absolute atomic E-state index is 0.258. The van der Waals surface area contributed by atoms with E-state index in [0.717, 1.165) is 22.5 Å². The Morgan fingerprint density at radius 2 is 2.10 bits per heavy atom. The summed E-state index contributed by atoms with van der Waals surface area (Å²) in [4.78, 5) is 4.22. The Balaban J connectivity index is 2.12. The highest BCUT2D eigenvalue weighted by molar-refractivity contribution is 9.08. The van der Waals surface area contributed by atoms with Crippen molar-refractivity contribution < 1.29 is 9.47 Å². The normalized spacial score (nSPS) is 10.8. The van der Waals surface area contributed by atoms with Gasteiger partial charge in [0.25, 0.3) is 0 Å². The molecule has 1 aromatic heterocycles. The molecule has 0 aliphatic rings. The van der Waals surface area contributed by atoms with Gasteiger partial charge in [0.05, 0.1) is 7.11 Å². The van der Waals surface area contributed by atoms with Crippen LogP contribution in [0.15, 0.2) is 24.5 Å². The number of nitrogens with zero attached hydrogens (tertiary/aromatic N) is 3. The number of ether oxygens (including phenoxy) is 2. The van der Waals surface area contributed by atoms with Crippen LogP contribution in [0.4, 0.5) is 0 Å². The standard InChI is InChI=1S/C14H18BrN3O2/c1-10(2)18-14(16-9-17-18)8-20-12-5-4-11(7-15)6-13(12)19-3/h4-6,9-10H,7-8H2,1-3H3. The lowest BCUT2D eigenvalue weighted by Gasteiger charge is -2.13. The van der Waals surface area contributed by atoms with Gasteiger partial charge in [-0.1, -0.05) is 22.0 Å². The topological polar surface area (TPSA) is 49.2 Å². The van der Waals surface area contributed by atoms with Crippen molar-refractivity contribution >= 4 is 15.9 Å². The van der Waals surface area contributed by atoms with Gasteiger partial charge in [-0.05, 0) is 31.5 Å². The molecule has 0 fully saturated rings. The minimum Gasteiger partial charge on any atom is -0.493 e. The molecule has 0 bridgehead atoms. The maximum Gasteiger partial charge on any atom is 0.165 e. The number of hydrogen-bond donors (Lipinski definition) is 0. The fourth-order valence-corrected chi connectivity index (χ4v) is 2.21. The van der Waals surface area contributed by atoms with Crippen molar-refractivity contribution in [1.82, 2.24) is 14.8 Å². The number of benzene rings is 1. The van der Waals surface area contributed by atoms with Crippen molar-refractivity contribution in [3.05, 3.63) is 35.9 Å². The molecule has 0 spiro atoms. The van der Waals surface area contributed by atoms with Crippen LogP contribution < -0.4 is 9.47 Å². The summed E-state index contributed by atoms with van der Waals surface area (Å²) in [5, 5.41) is 4.97. The van der Waals surface area contributed by atoms with Gasteiger partial charge in [-0.15, -0.1) is 0 Å². The van der Waals surface area contributed by atoms with Gasteiger partial charge < -0.3 is 9.47 Å². The lowest BCUT2D eigenvalue weighted by Crippen LogP contribution is -2.11. The minimum atomic E-state index is 0.258. The summed E-state index contributed by atoms with van der Waals surface area (Å²) in [6, 6.07) is 6.12. The highest BCUT2D eigenvalue weighted by Crippen LogP contribution is 2.29. The molecule has 1 aromatic carbocycles. The quantitative estimate of drug-likeness (QED) is 0.757. The first-order valence-corrected chi connectivity index (χ1v) is 7.52. The zero-order chi connectivity index (χ0) is 14.5. The summed E-state index contributed by atoms with van der Waals surface area (Å²) < 4.78 is 13.0. The van der Waals surface area contributed by atoms with Crippen LogP contribution in [0.5, 0.6) is 11.5 Å². The predicted octanol–water partition coefficient (Wildman–Crippen LogP) is 3.34. The number of aromatic nitrogens is 3. The van der Waals surface area contributed by atoms with E-state index in [1.165, 1.54) is 0 Å². The van der Waals surface area contributed by atoms with Crippen LogP contribution in [0.2, 0.25) is 0 Å². The van der Waals surface area contributed by atoms with E-state index in [4.69, 9.17) is 9.47 Å². The Labute approximate surface area is 127 Å². The van der Waals surface area contributed by atoms with Gasteiger partial charge >= 0.3 is 0 Å². The Bertz CT molecular complexity index is 569. The van der Waals surface area contributed by atoms with Crippen molar-refractivity contribution in [2.45, 2.75) is 31.8 Å². The molecular formula is C14H18BrN3O2. The summed E-state index contributed by atoms with van der Waals surface area (Å²) in [6.07, 6.45) is 1.55. The van der Waals surface area contributed by atoms with Crippen molar-refractivity contribution in [3.63, 3.8) is 0 Å². The van der Waals surface area contributed by atoms with E-state index in [1.54, 1.807) is 13.4 Å². The first-order valence-electron chi connectivity index (χ1n) is 6.39. The predicted molar refractivity (Wildman–Crippen MR) is 80.4 cm³/mol. The van der Waals surface area contributed by atoms with Crippen LogP contribution in [0.1, 0.15) is 31.3 Å². The Hall–Kier alpha value is -1.56. The number of rotatable bonds is 6. The molecule has 0 radical (unpaired) electrons. The monoisotopic (exact) mass is 339 g/mol. The van der Waals surface area contributed by atoms with Gasteiger partial charge in [0.15, 0.2) is 17.3 Å². The van der Waals surface area contributed by atoms with Crippen LogP contribution in [0.3, 0.4) is 0 Å². The summed E-state index contributed by atoms with van der Waals surface area (Å²) >= 11 is 3.42. The number of halogens is 1. The average molecular weight is 340 g/mol. The molecule has 0 atom stereocenters. The van der Waals surface area contributed by atoms with Gasteiger partial charge in [0.1, 0.15) is 12.9 Å². The Morgan fingerprint density at radius 1 is 1.30 bits per heavy atom. The third-order valence-electron chi connectivity index (χ3n) is 2.88. The molecule has 6 heteroatoms. The largest absolute Gasteiger partial charge is 0.493 e. The van der Waals surface area contributed by atoms with Crippen LogP contribution >= 0.6 is 15.9 Å². The van der Waals surface area contributed by atoms with E-state index < -0.39 is 0 Å². The molecule has 0 saturated carbocycles. The summed E-state index contributed by atoms with van der Waals surface area (Å²) in [6.45, 7) is 4.48. The van der Waals surface area contributed by atoms with E-state index in [1.807, 2.05) is 22.9 Å². The van der Waals surface area contributed by atoms with Crippen LogP contribution in [0, 0.1) is 0 Å². The third kappa shape index (κ3) is 3.30. The van der Waals surface area contributed by atoms with Crippen molar-refractivity contribution in [2.75, 3.05) is 7.11 Å². The number of methoxy groups -OCH3 is 1. The van der Waals surface area contributed by atoms with Gasteiger partial charge in [-0.3, -0.25) is 0 Å². The highest BCUT2D eigenvalue weighted by Gasteiger charge is 2.10. The number of alkyl halides is 1. The van der Waals surface area contributed by atoms with E-state index in [2.05, 4.69) is 39.9 Å². The molecular weight excluding hydrogens is 322 g/mol. The second kappa shape index (κ2) is 6.74. The SMILES string of the molecule is COc1cc(CBr)ccc1OCc1ncnn1C(C)C. The van der Waals surface area contributed by atoms with E-state index in [-0.39, 0.29) is 6.04 Å². The maximum atomic E-state index is 5.80. The Kier molecular flexibility index (Phi) is 5.00. The molecule has 0 N–H and O–H groups in total. The van der Waals surface area contributed by atoms with E-state index in [9.17, 15) is 0 Å². The fraction of sp³-hybridized carbons (Fsp3) is 0.429. The lowest BCUT2D eigenvalue weighted by atomic mass is 10.2. The van der Waals surface area contributed by atoms with Crippen LogP contribution in [0.25, 0.3) is 0 Å². The van der Waals surface area contributed by atoms with Gasteiger partial charge in [0, 0.05) is 11.4 Å². The summed E-state index contributed by atoms with van der Waals surface area (Å²) in [5.41, 5.74) is 1.14. The highest BCUT2D eigenvalue weighted by atomic mass is 79.9. The second-order valence-corrected chi connectivity index (χ2v) is 5.18. The van der Waals surface area contributed by atoms with Gasteiger partial charge in [0.2, 0.25) is 0 Å². The molecule has 20 heavy (non-hydrogen) atoms. The van der Waals surface area contributed by atoms with Crippen molar-refractivity contribution in [2.24, 2.45) is 0 Å². The molecule has 0 aliphatic heterocycles. The molecule has 0 unspecified atom stereocenters. The molecule has 1 heterocycles. The Morgan fingerprint density at radius 3 is 2.75 bits per heavy atom. The van der Waals surface area contributed by atoms with Crippen LogP contribution in [-0.2, 0) is 11.9 Å². The van der Waals surface area contributed by atoms with Gasteiger partial charge in [-0.25, -0.2) is 9.67 Å². The zero-order valence-electron chi connectivity index (χ0n) is 11.8. The molecule has 5 nitrogen and oxygen atoms in total. The molecule has 0 amide bonds. The van der Waals surface area contributed by atoms with Crippen molar-refractivity contribution in [3.8, 4) is 11.5 Å². The molecule has 0 aliphatic carbocycles. The van der Waals surface area contributed by atoms with Crippen LogP contribution in [-0.4, -0.2) is 21.9 Å². The zero-order valence-corrected chi connectivity index (χ0v) is 13.4. The molecule has 108 valence electrons. The second-order valence-electron chi connectivity index (χ2n) is 4.62. The smallest absolute Gasteiger partial charge is 0.165 e. The van der Waals surface area contributed by atoms with E-state index in [0.29, 0.717) is 12.4 Å². The summed E-state index contributed by atoms with van der Waals surface area (Å²) in [7, 11) is 1.64. The third-order valence-corrected chi connectivity index (χ3v) is 3.52. The maximum absolute atomic E-state index is 5.80. The fourth-order valence-electron chi connectivity index (χ4n) is 1.87. The molecule has 2 rings (SSSR count). The summed E-state index contributed by atoms with van der Waals surface area (Å²) in [5.74, 6) is 2.22. The van der Waals surface area contributed by atoms with Crippen molar-refractivity contribution in [1.29, 1.82) is 0 Å². The average Bonchev–Trinajstić information content (AvgIpc) is 2.93. The first kappa shape index (κ1) is 14.8. The lowest BCUT2D eigenvalue weighted by molar-refractivity contribution is 0.266. The van der Waals surface area contributed by atoms with E-state index >= 15 is 0 Å². The van der Waals surface area contributed by atoms with Gasteiger partial charge in [-0.2, -0.15) is 5.10 Å². The molecule has 0 saturated heterocycles.